The number of benzene rings is 2. The number of rotatable bonds is 7. The number of aromatic amines is 1. The number of aromatic nitrogens is 3. The molecule has 0 atom stereocenters. The van der Waals surface area contributed by atoms with E-state index in [2.05, 4.69) is 25.5 Å². The predicted molar refractivity (Wildman–Crippen MR) is 133 cm³/mol. The Morgan fingerprint density at radius 3 is 2.55 bits per heavy atom. The molecule has 14 heteroatoms. The van der Waals surface area contributed by atoms with Gasteiger partial charge in [0.2, 0.25) is 5.95 Å². The molecule has 0 fully saturated rings. The molecule has 0 bridgehead atoms. The number of hydrazone groups is 1. The number of halogens is 3. The fraction of sp³-hybridized carbons (Fsp3) is 0.0417. The summed E-state index contributed by atoms with van der Waals surface area (Å²) in [5.41, 5.74) is 1.47. The Morgan fingerprint density at radius 2 is 1.92 bits per heavy atom. The molecule has 0 aliphatic rings. The summed E-state index contributed by atoms with van der Waals surface area (Å²) >= 11 is 0.840. The minimum atomic E-state index is -4.54. The van der Waals surface area contributed by atoms with Crippen molar-refractivity contribution in [2.75, 3.05) is 5.43 Å². The second-order valence-corrected chi connectivity index (χ2v) is 8.52. The molecule has 2 heterocycles. The molecule has 0 aliphatic carbocycles. The molecule has 0 saturated carbocycles. The first-order valence-electron chi connectivity index (χ1n) is 10.5. The van der Waals surface area contributed by atoms with E-state index in [0.717, 1.165) is 23.9 Å². The van der Waals surface area contributed by atoms with E-state index in [1.165, 1.54) is 24.4 Å². The fourth-order valence-corrected chi connectivity index (χ4v) is 4.01. The van der Waals surface area contributed by atoms with Crippen LogP contribution in [0, 0.1) is 21.4 Å². The SMILES string of the molecule is N#Cc1c(-c2ccccc2)nc(NN=Cc2ccc(Sc3ccc(C(F)(F)F)cn3)c([N+](=O)[O-])c2)[nH]c1=O. The van der Waals surface area contributed by atoms with Gasteiger partial charge in [0, 0.05) is 23.4 Å². The highest BCUT2D eigenvalue weighted by Gasteiger charge is 2.30. The molecular weight excluding hydrogens is 523 g/mol. The Kier molecular flexibility index (Phi) is 7.49. The molecule has 190 valence electrons. The number of nitrogens with one attached hydrogen (secondary N) is 2. The molecule has 2 N–H and O–H groups in total. The van der Waals surface area contributed by atoms with Crippen molar-refractivity contribution in [3.05, 3.63) is 104 Å². The van der Waals surface area contributed by atoms with Crippen LogP contribution in [-0.4, -0.2) is 26.1 Å². The third kappa shape index (κ3) is 6.02. The van der Waals surface area contributed by atoms with E-state index in [1.54, 1.807) is 30.3 Å². The van der Waals surface area contributed by atoms with Crippen LogP contribution in [0.5, 0.6) is 0 Å². The van der Waals surface area contributed by atoms with Crippen LogP contribution in [0.2, 0.25) is 0 Å². The van der Waals surface area contributed by atoms with Gasteiger partial charge in [-0.3, -0.25) is 19.9 Å². The lowest BCUT2D eigenvalue weighted by Crippen LogP contribution is -2.16. The van der Waals surface area contributed by atoms with Crippen molar-refractivity contribution in [1.29, 1.82) is 5.26 Å². The van der Waals surface area contributed by atoms with Crippen LogP contribution in [0.4, 0.5) is 24.8 Å². The summed E-state index contributed by atoms with van der Waals surface area (Å²) in [6.07, 6.45) is -2.63. The molecule has 4 rings (SSSR count). The molecule has 0 saturated heterocycles. The van der Waals surface area contributed by atoms with Crippen LogP contribution in [-0.2, 0) is 6.18 Å². The smallest absolute Gasteiger partial charge is 0.290 e. The number of hydrogen-bond acceptors (Lipinski definition) is 9. The zero-order valence-electron chi connectivity index (χ0n) is 18.9. The molecule has 0 unspecified atom stereocenters. The molecule has 0 spiro atoms. The lowest BCUT2D eigenvalue weighted by Gasteiger charge is -2.07. The van der Waals surface area contributed by atoms with Gasteiger partial charge in [-0.2, -0.15) is 23.5 Å². The van der Waals surface area contributed by atoms with Crippen molar-refractivity contribution in [1.82, 2.24) is 15.0 Å². The summed E-state index contributed by atoms with van der Waals surface area (Å²) in [7, 11) is 0. The summed E-state index contributed by atoms with van der Waals surface area (Å²) in [6, 6.07) is 16.6. The average Bonchev–Trinajstić information content (AvgIpc) is 2.89. The quantitative estimate of drug-likeness (QED) is 0.185. The van der Waals surface area contributed by atoms with Crippen LogP contribution in [0.1, 0.15) is 16.7 Å². The van der Waals surface area contributed by atoms with Crippen molar-refractivity contribution in [2.45, 2.75) is 16.1 Å². The molecule has 10 nitrogen and oxygen atoms in total. The van der Waals surface area contributed by atoms with E-state index in [9.17, 15) is 33.3 Å². The van der Waals surface area contributed by atoms with Gasteiger partial charge >= 0.3 is 6.18 Å². The first-order valence-corrected chi connectivity index (χ1v) is 11.4. The number of anilines is 1. The monoisotopic (exact) mass is 537 g/mol. The third-order valence-electron chi connectivity index (χ3n) is 4.92. The largest absolute Gasteiger partial charge is 0.417 e. The maximum atomic E-state index is 12.7. The Balaban J connectivity index is 1.54. The summed E-state index contributed by atoms with van der Waals surface area (Å²) < 4.78 is 38.2. The third-order valence-corrected chi connectivity index (χ3v) is 5.94. The highest BCUT2D eigenvalue weighted by Crippen LogP contribution is 2.35. The maximum Gasteiger partial charge on any atom is 0.417 e. The minimum absolute atomic E-state index is 0.0563. The second-order valence-electron chi connectivity index (χ2n) is 7.46. The summed E-state index contributed by atoms with van der Waals surface area (Å²) in [6.45, 7) is 0. The van der Waals surface area contributed by atoms with Gasteiger partial charge in [0.1, 0.15) is 16.7 Å². The van der Waals surface area contributed by atoms with Crippen LogP contribution in [0.25, 0.3) is 11.3 Å². The second kappa shape index (κ2) is 10.9. The number of H-pyrrole nitrogens is 1. The molecule has 38 heavy (non-hydrogen) atoms. The Morgan fingerprint density at radius 1 is 1.16 bits per heavy atom. The Hall–Kier alpha value is -5.03. The Labute approximate surface area is 216 Å². The standard InChI is InChI=1S/C24H14F3N7O3S/c25-24(26,27)16-7-9-20(29-13-16)38-19-8-6-14(10-18(19)34(36)37)12-30-33-23-31-21(15-4-2-1-3-5-15)17(11-28)22(35)32-23/h1-10,12-13H,(H2,31,32,33,35). The highest BCUT2D eigenvalue weighted by atomic mass is 32.2. The zero-order valence-corrected chi connectivity index (χ0v) is 19.7. The van der Waals surface area contributed by atoms with E-state index < -0.39 is 22.2 Å². The van der Waals surface area contributed by atoms with Crippen LogP contribution in [0.3, 0.4) is 0 Å². The highest BCUT2D eigenvalue weighted by molar-refractivity contribution is 7.99. The minimum Gasteiger partial charge on any atom is -0.290 e. The van der Waals surface area contributed by atoms with Crippen LogP contribution in [0.15, 0.2) is 86.7 Å². The number of nitrogens with zero attached hydrogens (tertiary/aromatic N) is 5. The molecule has 0 aliphatic heterocycles. The van der Waals surface area contributed by atoms with E-state index in [4.69, 9.17) is 0 Å². The number of alkyl halides is 3. The van der Waals surface area contributed by atoms with Crippen molar-refractivity contribution >= 4 is 29.6 Å². The van der Waals surface area contributed by atoms with E-state index in [1.807, 2.05) is 6.07 Å². The van der Waals surface area contributed by atoms with Gasteiger partial charge in [-0.15, -0.1) is 0 Å². The van der Waals surface area contributed by atoms with Gasteiger partial charge in [0.15, 0.2) is 0 Å². The predicted octanol–water partition coefficient (Wildman–Crippen LogP) is 5.23. The van der Waals surface area contributed by atoms with E-state index in [0.29, 0.717) is 17.3 Å². The van der Waals surface area contributed by atoms with Gasteiger partial charge in [-0.25, -0.2) is 15.4 Å². The normalized spacial score (nSPS) is 11.3. The number of nitro groups is 1. The summed E-state index contributed by atoms with van der Waals surface area (Å²) in [5.74, 6) is -0.0563. The summed E-state index contributed by atoms with van der Waals surface area (Å²) in [5, 5.41) is 25.0. The van der Waals surface area contributed by atoms with E-state index >= 15 is 0 Å². The lowest BCUT2D eigenvalue weighted by molar-refractivity contribution is -0.387. The van der Waals surface area contributed by atoms with Gasteiger partial charge in [0.05, 0.1) is 27.3 Å². The zero-order chi connectivity index (χ0) is 27.3. The number of hydrogen-bond donors (Lipinski definition) is 2. The number of nitriles is 1. The first kappa shape index (κ1) is 26.0. The molecule has 0 amide bonds. The number of pyridine rings is 1. The summed E-state index contributed by atoms with van der Waals surface area (Å²) in [4.78, 5) is 33.8. The van der Waals surface area contributed by atoms with Crippen molar-refractivity contribution in [2.24, 2.45) is 5.10 Å². The fourth-order valence-electron chi connectivity index (χ4n) is 3.17. The molecule has 2 aromatic carbocycles. The van der Waals surface area contributed by atoms with Crippen molar-refractivity contribution in [3.63, 3.8) is 0 Å². The van der Waals surface area contributed by atoms with Crippen LogP contribution >= 0.6 is 11.8 Å². The van der Waals surface area contributed by atoms with Gasteiger partial charge in [-0.05, 0) is 18.2 Å². The van der Waals surface area contributed by atoms with Gasteiger partial charge in [0.25, 0.3) is 11.2 Å². The number of nitro benzene ring substituents is 1. The average molecular weight is 537 g/mol. The molecule has 0 radical (unpaired) electrons. The first-order chi connectivity index (χ1) is 18.2. The van der Waals surface area contributed by atoms with Crippen molar-refractivity contribution < 1.29 is 18.1 Å². The van der Waals surface area contributed by atoms with Crippen LogP contribution < -0.4 is 11.0 Å². The Bertz CT molecular complexity index is 1620. The molecule has 4 aromatic rings. The lowest BCUT2D eigenvalue weighted by atomic mass is 10.1. The van der Waals surface area contributed by atoms with E-state index in [-0.39, 0.29) is 32.8 Å². The van der Waals surface area contributed by atoms with Crippen molar-refractivity contribution in [3.8, 4) is 17.3 Å². The van der Waals surface area contributed by atoms with Gasteiger partial charge in [-0.1, -0.05) is 48.2 Å². The molecular formula is C24H14F3N7O3S. The molecule has 2 aromatic heterocycles. The van der Waals surface area contributed by atoms with Gasteiger partial charge < -0.3 is 0 Å². The topological polar surface area (TPSA) is 150 Å². The maximum absolute atomic E-state index is 12.7.